The molecule has 0 bridgehead atoms. The van der Waals surface area contributed by atoms with E-state index in [0.717, 1.165) is 75.1 Å². The Kier molecular flexibility index (Phi) is 20.5. The number of hydrogen-bond donors (Lipinski definition) is 1. The van der Waals surface area contributed by atoms with Crippen molar-refractivity contribution in [2.45, 2.75) is 110 Å². The molecule has 0 amide bonds. The van der Waals surface area contributed by atoms with Gasteiger partial charge in [-0.05, 0) is 98.5 Å². The average molecular weight is 861 g/mol. The molecule has 1 atom stereocenters. The summed E-state index contributed by atoms with van der Waals surface area (Å²) in [6.45, 7) is 4.94. The van der Waals surface area contributed by atoms with Crippen LogP contribution in [0.25, 0.3) is 23.3 Å². The third kappa shape index (κ3) is 14.8. The Balaban J connectivity index is 0.992. The summed E-state index contributed by atoms with van der Waals surface area (Å²) in [5, 5.41) is 9.21. The fraction of sp³-hybridized carbons (Fsp3) is 0.429. The van der Waals surface area contributed by atoms with Crippen molar-refractivity contribution in [3.05, 3.63) is 118 Å². The van der Waals surface area contributed by atoms with E-state index in [4.69, 9.17) is 14.2 Å². The first-order chi connectivity index (χ1) is 29.5. The molecule has 0 radical (unpaired) electrons. The van der Waals surface area contributed by atoms with Crippen molar-refractivity contribution < 1.29 is 54.4 Å². The average Bonchev–Trinajstić information content (AvgIpc) is 3.27. The van der Waals surface area contributed by atoms with Crippen LogP contribution in [0.4, 0.5) is 35.1 Å². The lowest BCUT2D eigenvalue weighted by atomic mass is 9.92. The van der Waals surface area contributed by atoms with E-state index in [0.29, 0.717) is 24.7 Å². The van der Waals surface area contributed by atoms with Gasteiger partial charge < -0.3 is 19.3 Å². The molecular weight excluding hydrogens is 805 g/mol. The smallest absolute Gasteiger partial charge is 0.201 e. The lowest BCUT2D eigenvalue weighted by molar-refractivity contribution is 0.303. The molecule has 0 spiro atoms. The molecule has 0 saturated carbocycles. The second-order valence-electron chi connectivity index (χ2n) is 15.0. The van der Waals surface area contributed by atoms with E-state index in [2.05, 4.69) is 6.92 Å². The molecule has 4 aromatic rings. The van der Waals surface area contributed by atoms with Gasteiger partial charge in [0.25, 0.3) is 0 Å². The highest BCUT2D eigenvalue weighted by atomic mass is 19.2. The molecule has 0 heterocycles. The predicted molar refractivity (Wildman–Crippen MR) is 226 cm³/mol. The third-order valence-electron chi connectivity index (χ3n) is 10.6. The van der Waals surface area contributed by atoms with Gasteiger partial charge >= 0.3 is 0 Å². The zero-order valence-electron chi connectivity index (χ0n) is 34.9. The molecule has 4 rings (SSSR count). The van der Waals surface area contributed by atoms with Crippen LogP contribution in [0.2, 0.25) is 0 Å². The van der Waals surface area contributed by atoms with Crippen molar-refractivity contribution in [1.29, 1.82) is 0 Å². The van der Waals surface area contributed by atoms with E-state index in [9.17, 15) is 40.2 Å². The second kappa shape index (κ2) is 25.7. The summed E-state index contributed by atoms with van der Waals surface area (Å²) in [6.07, 6.45) is 16.8. The maximum Gasteiger partial charge on any atom is 0.201 e. The molecule has 0 aliphatic heterocycles. The van der Waals surface area contributed by atoms with Crippen molar-refractivity contribution in [3.8, 4) is 23.0 Å². The fourth-order valence-corrected chi connectivity index (χ4v) is 6.98. The Morgan fingerprint density at radius 3 is 1.31 bits per heavy atom. The third-order valence-corrected chi connectivity index (χ3v) is 10.6. The molecule has 0 saturated heterocycles. The molecule has 0 aliphatic carbocycles. The summed E-state index contributed by atoms with van der Waals surface area (Å²) in [7, 11) is 0. The molecule has 4 aromatic carbocycles. The largest absolute Gasteiger partial charge is 0.505 e. The molecule has 1 unspecified atom stereocenters. The standard InChI is InChI=1S/C49H56F8O4/c1-3-33(17-13-9-5-7-11-15-31-60-36-23-19-34(20-24-36)42(50)44(52)38-27-29-40(58)48(56)46(38)54)18-14-10-6-8-12-16-32-61-37-25-21-35(22-26-37)43(51)45(53)39-28-30-41(59-4-2)49(57)47(39)55/h19-30,33,58H,3-18,31-32H2,1-2H3/b44-42+,45-43+. The second-order valence-corrected chi connectivity index (χ2v) is 15.0. The van der Waals surface area contributed by atoms with Gasteiger partial charge in [-0.25, -0.2) is 26.3 Å². The first kappa shape index (κ1) is 48.7. The van der Waals surface area contributed by atoms with Crippen LogP contribution < -0.4 is 14.2 Å². The molecule has 4 nitrogen and oxygen atoms in total. The lowest BCUT2D eigenvalue weighted by Crippen LogP contribution is -2.00. The number of halogens is 8. The monoisotopic (exact) mass is 860 g/mol. The molecular formula is C49H56F8O4. The molecule has 61 heavy (non-hydrogen) atoms. The molecule has 12 heteroatoms. The van der Waals surface area contributed by atoms with Crippen LogP contribution >= 0.6 is 0 Å². The van der Waals surface area contributed by atoms with E-state index in [1.807, 2.05) is 0 Å². The quantitative estimate of drug-likeness (QED) is 0.0369. The van der Waals surface area contributed by atoms with Crippen molar-refractivity contribution in [2.75, 3.05) is 19.8 Å². The van der Waals surface area contributed by atoms with Crippen LogP contribution in [-0.2, 0) is 0 Å². The van der Waals surface area contributed by atoms with Gasteiger partial charge in [0.2, 0.25) is 11.6 Å². The van der Waals surface area contributed by atoms with Crippen molar-refractivity contribution in [3.63, 3.8) is 0 Å². The Bertz CT molecular complexity index is 2010. The maximum atomic E-state index is 14.8. The highest BCUT2D eigenvalue weighted by Gasteiger charge is 2.22. The summed E-state index contributed by atoms with van der Waals surface area (Å²) in [4.78, 5) is 0. The molecule has 0 aliphatic rings. The summed E-state index contributed by atoms with van der Waals surface area (Å²) in [5.74, 6) is -11.5. The number of aromatic hydroxyl groups is 1. The minimum Gasteiger partial charge on any atom is -0.505 e. The summed E-state index contributed by atoms with van der Waals surface area (Å²) in [5.41, 5.74) is -2.01. The maximum absolute atomic E-state index is 14.8. The number of unbranched alkanes of at least 4 members (excludes halogenated alkanes) is 10. The first-order valence-corrected chi connectivity index (χ1v) is 21.3. The molecule has 1 N–H and O–H groups in total. The highest BCUT2D eigenvalue weighted by Crippen LogP contribution is 2.35. The Morgan fingerprint density at radius 1 is 0.459 bits per heavy atom. The number of benzene rings is 4. The fourth-order valence-electron chi connectivity index (χ4n) is 6.98. The van der Waals surface area contributed by atoms with Crippen molar-refractivity contribution in [1.82, 2.24) is 0 Å². The topological polar surface area (TPSA) is 47.9 Å². The van der Waals surface area contributed by atoms with Gasteiger partial charge in [0.15, 0.2) is 46.4 Å². The first-order valence-electron chi connectivity index (χ1n) is 21.3. The van der Waals surface area contributed by atoms with Crippen molar-refractivity contribution in [2.24, 2.45) is 5.92 Å². The predicted octanol–water partition coefficient (Wildman–Crippen LogP) is 15.8. The van der Waals surface area contributed by atoms with E-state index in [-0.39, 0.29) is 23.5 Å². The van der Waals surface area contributed by atoms with E-state index >= 15 is 0 Å². The molecule has 0 aromatic heterocycles. The van der Waals surface area contributed by atoms with Crippen LogP contribution in [0.3, 0.4) is 0 Å². The molecule has 332 valence electrons. The minimum absolute atomic E-state index is 0.0961. The van der Waals surface area contributed by atoms with Gasteiger partial charge in [-0.3, -0.25) is 0 Å². The summed E-state index contributed by atoms with van der Waals surface area (Å²) < 4.78 is 131. The number of ether oxygens (including phenoxy) is 3. The van der Waals surface area contributed by atoms with Crippen LogP contribution in [0, 0.1) is 29.2 Å². The molecule has 0 fully saturated rings. The van der Waals surface area contributed by atoms with Gasteiger partial charge in [0.1, 0.15) is 11.5 Å². The van der Waals surface area contributed by atoms with E-state index < -0.39 is 63.5 Å². The SMILES string of the molecule is CCOc1ccc(/C(F)=C(\F)c2ccc(OCCCCCCCCC(CC)CCCCCCCCOc3ccc(/C(F)=C(\F)c4ccc(O)c(F)c4F)cc3)cc2)c(F)c1F. The van der Waals surface area contributed by atoms with Gasteiger partial charge in [0, 0.05) is 11.1 Å². The minimum atomic E-state index is -1.67. The number of phenolic OH excluding ortho intramolecular Hbond substituents is 1. The van der Waals surface area contributed by atoms with Crippen molar-refractivity contribution >= 4 is 23.3 Å². The zero-order valence-corrected chi connectivity index (χ0v) is 34.9. The van der Waals surface area contributed by atoms with E-state index in [1.165, 1.54) is 99.9 Å². The number of phenols is 1. The van der Waals surface area contributed by atoms with Gasteiger partial charge in [-0.2, -0.15) is 8.78 Å². The van der Waals surface area contributed by atoms with Gasteiger partial charge in [-0.15, -0.1) is 0 Å². The lowest BCUT2D eigenvalue weighted by Gasteiger charge is -2.14. The Hall–Kier alpha value is -5.00. The zero-order chi connectivity index (χ0) is 44.1. The van der Waals surface area contributed by atoms with Crippen LogP contribution in [0.15, 0.2) is 72.8 Å². The Labute approximate surface area is 354 Å². The highest BCUT2D eigenvalue weighted by molar-refractivity contribution is 5.84. The number of hydrogen-bond acceptors (Lipinski definition) is 4. The van der Waals surface area contributed by atoms with Gasteiger partial charge in [-0.1, -0.05) is 90.4 Å². The number of rotatable bonds is 27. The van der Waals surface area contributed by atoms with Crippen LogP contribution in [0.5, 0.6) is 23.0 Å². The van der Waals surface area contributed by atoms with E-state index in [1.54, 1.807) is 6.92 Å². The summed E-state index contributed by atoms with van der Waals surface area (Å²) >= 11 is 0. The Morgan fingerprint density at radius 2 is 0.869 bits per heavy atom. The normalized spacial score (nSPS) is 12.8. The van der Waals surface area contributed by atoms with Crippen LogP contribution in [-0.4, -0.2) is 24.9 Å². The van der Waals surface area contributed by atoms with Gasteiger partial charge in [0.05, 0.1) is 30.9 Å². The summed E-state index contributed by atoms with van der Waals surface area (Å²) in [6, 6.07) is 14.8. The van der Waals surface area contributed by atoms with Crippen LogP contribution in [0.1, 0.15) is 132 Å².